The summed E-state index contributed by atoms with van der Waals surface area (Å²) in [6.45, 7) is 2.38. The molecule has 9 aromatic carbocycles. The molecule has 0 radical (unpaired) electrons. The van der Waals surface area contributed by atoms with Crippen LogP contribution in [-0.4, -0.2) is 9.97 Å². The number of furan rings is 1. The number of hydrogen-bond acceptors (Lipinski definition) is 3. The second kappa shape index (κ2) is 14.8. The Bertz CT molecular complexity index is 3520. The number of fused-ring (bicyclic) bond motifs is 6. The molecule has 0 saturated carbocycles. The summed E-state index contributed by atoms with van der Waals surface area (Å²) >= 11 is 0. The summed E-state index contributed by atoms with van der Waals surface area (Å²) in [6.07, 6.45) is 0. The Hall–Kier alpha value is -8.14. The lowest BCUT2D eigenvalue weighted by molar-refractivity contribution is 0.669. The average molecular weight is 805 g/mol. The van der Waals surface area contributed by atoms with E-state index in [-0.39, 0.29) is 5.41 Å². The van der Waals surface area contributed by atoms with Gasteiger partial charge in [0.25, 0.3) is 0 Å². The maximum absolute atomic E-state index is 6.22. The van der Waals surface area contributed by atoms with Gasteiger partial charge in [-0.05, 0) is 117 Å². The Morgan fingerprint density at radius 2 is 0.905 bits per heavy atom. The summed E-state index contributed by atoms with van der Waals surface area (Å²) < 4.78 is 6.22. The van der Waals surface area contributed by atoms with Gasteiger partial charge in [0.05, 0.1) is 11.4 Å². The van der Waals surface area contributed by atoms with E-state index in [2.05, 4.69) is 201 Å². The standard InChI is InChI=1S/C60H40N2O/c1-60(46-21-9-4-10-22-46)53-27-15-13-24-48(53)49-31-29-41(37-54(49)60)44-33-43(39-17-5-2-6-18-39)34-45(35-44)55-38-56(62-59(61-55)40-19-7-3-8-20-40)50-25-12-11-23-47(50)42-30-32-58-52(36-42)51-26-14-16-28-57(51)63-58/h2-38H,1H3. The van der Waals surface area contributed by atoms with Crippen LogP contribution in [0.1, 0.15) is 23.6 Å². The molecule has 0 bridgehead atoms. The summed E-state index contributed by atoms with van der Waals surface area (Å²) in [5.74, 6) is 0.676. The summed E-state index contributed by atoms with van der Waals surface area (Å²) in [6, 6.07) is 80.2. The third-order valence-electron chi connectivity index (χ3n) is 13.0. The second-order valence-electron chi connectivity index (χ2n) is 16.6. The fraction of sp³-hybridized carbons (Fsp3) is 0.0333. The predicted octanol–water partition coefficient (Wildman–Crippen LogP) is 15.7. The molecule has 296 valence electrons. The number of aromatic nitrogens is 2. The van der Waals surface area contributed by atoms with Crippen LogP contribution in [0.3, 0.4) is 0 Å². The van der Waals surface area contributed by atoms with E-state index in [4.69, 9.17) is 14.4 Å². The van der Waals surface area contributed by atoms with Gasteiger partial charge in [0, 0.05) is 32.9 Å². The maximum Gasteiger partial charge on any atom is 0.160 e. The number of benzene rings is 9. The minimum atomic E-state index is -0.308. The number of hydrogen-bond donors (Lipinski definition) is 0. The molecule has 0 amide bonds. The van der Waals surface area contributed by atoms with E-state index in [0.717, 1.165) is 83.4 Å². The third kappa shape index (κ3) is 6.20. The highest BCUT2D eigenvalue weighted by Crippen LogP contribution is 2.53. The molecule has 0 aliphatic heterocycles. The van der Waals surface area contributed by atoms with Crippen molar-refractivity contribution in [1.82, 2.24) is 9.97 Å². The lowest BCUT2D eigenvalue weighted by atomic mass is 9.74. The van der Waals surface area contributed by atoms with Crippen LogP contribution < -0.4 is 0 Å². The monoisotopic (exact) mass is 804 g/mol. The van der Waals surface area contributed by atoms with Crippen molar-refractivity contribution in [3.8, 4) is 78.4 Å². The quantitative estimate of drug-likeness (QED) is 0.161. The van der Waals surface area contributed by atoms with Gasteiger partial charge in [0.15, 0.2) is 5.82 Å². The van der Waals surface area contributed by atoms with Crippen molar-refractivity contribution in [3.63, 3.8) is 0 Å². The van der Waals surface area contributed by atoms with Crippen LogP contribution in [0.4, 0.5) is 0 Å². The summed E-state index contributed by atoms with van der Waals surface area (Å²) in [5.41, 5.74) is 19.4. The van der Waals surface area contributed by atoms with Gasteiger partial charge >= 0.3 is 0 Å². The van der Waals surface area contributed by atoms with E-state index < -0.39 is 0 Å². The molecule has 3 heteroatoms. The highest BCUT2D eigenvalue weighted by Gasteiger charge is 2.40. The van der Waals surface area contributed by atoms with E-state index in [9.17, 15) is 0 Å². The van der Waals surface area contributed by atoms with Gasteiger partial charge in [-0.25, -0.2) is 9.97 Å². The van der Waals surface area contributed by atoms with Gasteiger partial charge in [-0.1, -0.05) is 176 Å². The smallest absolute Gasteiger partial charge is 0.160 e. The first-order valence-electron chi connectivity index (χ1n) is 21.6. The highest BCUT2D eigenvalue weighted by atomic mass is 16.3. The van der Waals surface area contributed by atoms with Crippen LogP contribution in [0.25, 0.3) is 100 Å². The summed E-state index contributed by atoms with van der Waals surface area (Å²) in [5, 5.41) is 2.20. The van der Waals surface area contributed by atoms with E-state index in [0.29, 0.717) is 5.82 Å². The van der Waals surface area contributed by atoms with Crippen LogP contribution in [0.2, 0.25) is 0 Å². The number of rotatable bonds is 7. The predicted molar refractivity (Wildman–Crippen MR) is 259 cm³/mol. The van der Waals surface area contributed by atoms with Crippen LogP contribution in [0.5, 0.6) is 0 Å². The van der Waals surface area contributed by atoms with E-state index in [1.807, 2.05) is 30.3 Å². The van der Waals surface area contributed by atoms with Crippen LogP contribution in [-0.2, 0) is 5.41 Å². The topological polar surface area (TPSA) is 38.9 Å². The molecule has 1 unspecified atom stereocenters. The molecule has 0 fully saturated rings. The molecule has 0 spiro atoms. The lowest BCUT2D eigenvalue weighted by Crippen LogP contribution is -2.22. The second-order valence-corrected chi connectivity index (χ2v) is 16.6. The number of nitrogens with zero attached hydrogens (tertiary/aromatic N) is 2. The molecule has 63 heavy (non-hydrogen) atoms. The highest BCUT2D eigenvalue weighted by molar-refractivity contribution is 6.06. The molecule has 1 aliphatic carbocycles. The Morgan fingerprint density at radius 3 is 1.70 bits per heavy atom. The van der Waals surface area contributed by atoms with E-state index in [1.165, 1.54) is 27.8 Å². The first kappa shape index (κ1) is 36.7. The Labute approximate surface area is 366 Å². The van der Waals surface area contributed by atoms with Crippen molar-refractivity contribution in [2.75, 3.05) is 0 Å². The first-order chi connectivity index (χ1) is 31.1. The van der Waals surface area contributed by atoms with Crippen molar-refractivity contribution in [2.45, 2.75) is 12.3 Å². The minimum Gasteiger partial charge on any atom is -0.456 e. The molecular formula is C60H40N2O. The zero-order valence-corrected chi connectivity index (χ0v) is 34.7. The summed E-state index contributed by atoms with van der Waals surface area (Å²) in [7, 11) is 0. The average Bonchev–Trinajstić information content (AvgIpc) is 3.86. The van der Waals surface area contributed by atoms with Crippen molar-refractivity contribution in [1.29, 1.82) is 0 Å². The van der Waals surface area contributed by atoms with Gasteiger partial charge in [-0.15, -0.1) is 0 Å². The summed E-state index contributed by atoms with van der Waals surface area (Å²) in [4.78, 5) is 10.7. The number of para-hydroxylation sites is 1. The fourth-order valence-corrected chi connectivity index (χ4v) is 9.79. The Balaban J connectivity index is 1.05. The van der Waals surface area contributed by atoms with Gasteiger partial charge in [-0.2, -0.15) is 0 Å². The molecule has 1 atom stereocenters. The van der Waals surface area contributed by atoms with E-state index >= 15 is 0 Å². The van der Waals surface area contributed by atoms with Crippen molar-refractivity contribution in [2.24, 2.45) is 0 Å². The van der Waals surface area contributed by atoms with Crippen molar-refractivity contribution < 1.29 is 4.42 Å². The van der Waals surface area contributed by atoms with Crippen LogP contribution in [0, 0.1) is 0 Å². The Morgan fingerprint density at radius 1 is 0.333 bits per heavy atom. The Kier molecular flexibility index (Phi) is 8.62. The zero-order chi connectivity index (χ0) is 41.9. The van der Waals surface area contributed by atoms with Crippen LogP contribution >= 0.6 is 0 Å². The van der Waals surface area contributed by atoms with Gasteiger partial charge in [0.1, 0.15) is 11.2 Å². The molecule has 11 aromatic rings. The SMILES string of the molecule is CC1(c2ccccc2)c2ccccc2-c2ccc(-c3cc(-c4ccccc4)cc(-c4cc(-c5ccccc5-c5ccc6oc7ccccc7c6c5)nc(-c5ccccc5)n4)c3)cc21. The molecule has 0 saturated heterocycles. The molecular weight excluding hydrogens is 765 g/mol. The van der Waals surface area contributed by atoms with Gasteiger partial charge in [0.2, 0.25) is 0 Å². The molecule has 3 nitrogen and oxygen atoms in total. The molecule has 2 heterocycles. The van der Waals surface area contributed by atoms with Crippen molar-refractivity contribution in [3.05, 3.63) is 241 Å². The molecule has 12 rings (SSSR count). The first-order valence-corrected chi connectivity index (χ1v) is 21.6. The molecule has 2 aromatic heterocycles. The molecule has 0 N–H and O–H groups in total. The zero-order valence-electron chi connectivity index (χ0n) is 34.7. The van der Waals surface area contributed by atoms with Gasteiger partial charge in [-0.3, -0.25) is 0 Å². The maximum atomic E-state index is 6.22. The van der Waals surface area contributed by atoms with Gasteiger partial charge < -0.3 is 4.42 Å². The van der Waals surface area contributed by atoms with Crippen LogP contribution in [0.15, 0.2) is 229 Å². The minimum absolute atomic E-state index is 0.308. The normalized spacial score (nSPS) is 14.2. The molecule has 1 aliphatic rings. The third-order valence-corrected chi connectivity index (χ3v) is 13.0. The van der Waals surface area contributed by atoms with Crippen molar-refractivity contribution >= 4 is 21.9 Å². The van der Waals surface area contributed by atoms with E-state index in [1.54, 1.807) is 0 Å². The fourth-order valence-electron chi connectivity index (χ4n) is 9.79. The largest absolute Gasteiger partial charge is 0.456 e. The lowest BCUT2D eigenvalue weighted by Gasteiger charge is -2.28.